The average molecular weight is 569 g/mol. The van der Waals surface area contributed by atoms with Gasteiger partial charge in [0.1, 0.15) is 11.8 Å². The quantitative estimate of drug-likeness (QED) is 0.189. The standard InChI is InChI=1S/C27H42F2N4O4.C3H8/c1-7-21(37-18(3)4)14-20(28)17-36-13-9-11-32(6)12-10-30-26-24(29)15-22-25(35)23(19(5)34)16-33(8-2)27(22)31-26;1-3-2/h15-16,18,20-21H,7-14,17H2,1-6H3,(H,30,31);3H2,1-2H3. The minimum atomic E-state index is -1.05. The molecule has 228 valence electrons. The van der Waals surface area contributed by atoms with Gasteiger partial charge in [-0.25, -0.2) is 13.8 Å². The Hall–Kier alpha value is -2.43. The second kappa shape index (κ2) is 18.8. The van der Waals surface area contributed by atoms with Crippen LogP contribution in [0.2, 0.25) is 0 Å². The first-order valence-corrected chi connectivity index (χ1v) is 14.5. The number of aromatic nitrogens is 2. The molecule has 0 bridgehead atoms. The van der Waals surface area contributed by atoms with E-state index in [1.165, 1.54) is 19.5 Å². The van der Waals surface area contributed by atoms with Crippen molar-refractivity contribution in [1.29, 1.82) is 0 Å². The molecule has 0 aliphatic carbocycles. The van der Waals surface area contributed by atoms with Gasteiger partial charge in [-0.3, -0.25) is 9.59 Å². The van der Waals surface area contributed by atoms with E-state index in [1.54, 1.807) is 4.57 Å². The number of carbonyl (C=O) groups excluding carboxylic acids is 1. The Morgan fingerprint density at radius 3 is 2.45 bits per heavy atom. The smallest absolute Gasteiger partial charge is 0.201 e. The Kier molecular flexibility index (Phi) is 16.8. The highest BCUT2D eigenvalue weighted by atomic mass is 19.1. The number of ketones is 1. The highest BCUT2D eigenvalue weighted by Gasteiger charge is 2.17. The zero-order valence-electron chi connectivity index (χ0n) is 25.7. The van der Waals surface area contributed by atoms with Crippen molar-refractivity contribution in [3.63, 3.8) is 0 Å². The number of nitrogens with one attached hydrogen (secondary N) is 1. The molecule has 0 fully saturated rings. The van der Waals surface area contributed by atoms with Crippen LogP contribution in [-0.4, -0.2) is 78.5 Å². The Morgan fingerprint density at radius 2 is 1.88 bits per heavy atom. The third kappa shape index (κ3) is 12.0. The van der Waals surface area contributed by atoms with Gasteiger partial charge in [0.25, 0.3) is 0 Å². The average Bonchev–Trinajstić information content (AvgIpc) is 2.89. The normalized spacial score (nSPS) is 12.9. The number of alkyl halides is 1. The van der Waals surface area contributed by atoms with Gasteiger partial charge < -0.3 is 24.3 Å². The lowest BCUT2D eigenvalue weighted by Gasteiger charge is -2.21. The van der Waals surface area contributed by atoms with Crippen molar-refractivity contribution >= 4 is 22.6 Å². The zero-order valence-corrected chi connectivity index (χ0v) is 25.7. The fourth-order valence-corrected chi connectivity index (χ4v) is 4.08. The molecule has 0 aliphatic rings. The molecule has 0 aliphatic heterocycles. The Balaban J connectivity index is 0.00000254. The molecule has 0 spiro atoms. The molecule has 2 unspecified atom stereocenters. The maximum absolute atomic E-state index is 14.7. The van der Waals surface area contributed by atoms with Gasteiger partial charge >= 0.3 is 0 Å². The lowest BCUT2D eigenvalue weighted by atomic mass is 10.1. The number of fused-ring (bicyclic) bond motifs is 1. The van der Waals surface area contributed by atoms with E-state index in [4.69, 9.17) is 9.47 Å². The van der Waals surface area contributed by atoms with Crippen molar-refractivity contribution in [1.82, 2.24) is 14.5 Å². The second-order valence-electron chi connectivity index (χ2n) is 10.3. The van der Waals surface area contributed by atoms with Crippen molar-refractivity contribution < 1.29 is 23.0 Å². The molecular formula is C30H50F2N4O4. The van der Waals surface area contributed by atoms with Crippen molar-refractivity contribution in [3.05, 3.63) is 33.9 Å². The van der Waals surface area contributed by atoms with E-state index in [2.05, 4.69) is 29.0 Å². The van der Waals surface area contributed by atoms with E-state index in [-0.39, 0.29) is 41.4 Å². The molecule has 2 aromatic rings. The number of hydrogen-bond acceptors (Lipinski definition) is 7. The van der Waals surface area contributed by atoms with Crippen LogP contribution in [0.1, 0.15) is 84.5 Å². The largest absolute Gasteiger partial charge is 0.378 e. The summed E-state index contributed by atoms with van der Waals surface area (Å²) < 4.78 is 41.7. The van der Waals surface area contributed by atoms with Crippen molar-refractivity contribution in [3.8, 4) is 0 Å². The number of carbonyl (C=O) groups is 1. The van der Waals surface area contributed by atoms with Crippen molar-refractivity contribution in [2.24, 2.45) is 0 Å². The second-order valence-corrected chi connectivity index (χ2v) is 10.3. The van der Waals surface area contributed by atoms with Crippen LogP contribution < -0.4 is 10.7 Å². The first kappa shape index (κ1) is 35.6. The number of rotatable bonds is 17. The molecule has 2 atom stereocenters. The van der Waals surface area contributed by atoms with Gasteiger partial charge in [-0.05, 0) is 53.7 Å². The molecule has 0 amide bonds. The summed E-state index contributed by atoms with van der Waals surface area (Å²) >= 11 is 0. The summed E-state index contributed by atoms with van der Waals surface area (Å²) in [4.78, 5) is 30.8. The molecule has 2 rings (SSSR count). The van der Waals surface area contributed by atoms with Crippen LogP contribution in [-0.2, 0) is 16.0 Å². The number of Topliss-reactive ketones (excluding diaryl/α,β-unsaturated/α-hetero) is 1. The first-order valence-electron chi connectivity index (χ1n) is 14.5. The van der Waals surface area contributed by atoms with Gasteiger partial charge in [-0.15, -0.1) is 0 Å². The van der Waals surface area contributed by atoms with Crippen molar-refractivity contribution in [2.75, 3.05) is 45.2 Å². The number of nitrogens with zero attached hydrogens (tertiary/aromatic N) is 3. The van der Waals surface area contributed by atoms with Crippen LogP contribution in [0.25, 0.3) is 11.0 Å². The van der Waals surface area contributed by atoms with Gasteiger partial charge in [0.15, 0.2) is 17.4 Å². The van der Waals surface area contributed by atoms with Crippen LogP contribution in [0, 0.1) is 5.82 Å². The molecule has 2 heterocycles. The predicted molar refractivity (Wildman–Crippen MR) is 159 cm³/mol. The Morgan fingerprint density at radius 1 is 1.20 bits per heavy atom. The van der Waals surface area contributed by atoms with E-state index in [1.807, 2.05) is 34.7 Å². The summed E-state index contributed by atoms with van der Waals surface area (Å²) in [6.07, 6.45) is 3.52. The fraction of sp³-hybridized carbons (Fsp3) is 0.700. The van der Waals surface area contributed by atoms with Gasteiger partial charge in [0, 0.05) is 45.4 Å². The minimum Gasteiger partial charge on any atom is -0.378 e. The SMILES string of the molecule is CCC.CCC(CC(F)COCCCN(C)CCNc1nc2c(cc1F)c(=O)c(C(C)=O)cn2CC)OC(C)C. The molecule has 0 saturated carbocycles. The number of anilines is 1. The molecule has 0 radical (unpaired) electrons. The number of aryl methyl sites for hydroxylation is 1. The molecular weight excluding hydrogens is 518 g/mol. The third-order valence-electron chi connectivity index (χ3n) is 6.07. The summed E-state index contributed by atoms with van der Waals surface area (Å²) in [5, 5.41) is 3.08. The summed E-state index contributed by atoms with van der Waals surface area (Å²) in [5.41, 5.74) is -0.159. The predicted octanol–water partition coefficient (Wildman–Crippen LogP) is 5.86. The maximum atomic E-state index is 14.7. The number of likely N-dealkylation sites (N-methyl/N-ethyl adjacent to an activating group) is 1. The fourth-order valence-electron chi connectivity index (χ4n) is 4.08. The van der Waals surface area contributed by atoms with E-state index in [0.29, 0.717) is 38.3 Å². The lowest BCUT2D eigenvalue weighted by Crippen LogP contribution is -2.28. The van der Waals surface area contributed by atoms with Crippen LogP contribution in [0.5, 0.6) is 0 Å². The van der Waals surface area contributed by atoms with Gasteiger partial charge in [-0.1, -0.05) is 27.2 Å². The molecule has 0 aromatic carbocycles. The summed E-state index contributed by atoms with van der Waals surface area (Å²) in [6, 6.07) is 1.14. The number of halogens is 2. The van der Waals surface area contributed by atoms with E-state index in [0.717, 1.165) is 25.5 Å². The highest BCUT2D eigenvalue weighted by Crippen LogP contribution is 2.18. The molecule has 2 aromatic heterocycles. The Bertz CT molecular complexity index is 1090. The molecule has 1 N–H and O–H groups in total. The minimum absolute atomic E-state index is 0.0224. The first-order chi connectivity index (χ1) is 19.0. The molecule has 8 nitrogen and oxygen atoms in total. The Labute approximate surface area is 238 Å². The monoisotopic (exact) mass is 568 g/mol. The summed E-state index contributed by atoms with van der Waals surface area (Å²) in [7, 11) is 1.94. The van der Waals surface area contributed by atoms with E-state index in [9.17, 15) is 18.4 Å². The third-order valence-corrected chi connectivity index (χ3v) is 6.07. The van der Waals surface area contributed by atoms with Gasteiger partial charge in [0.05, 0.1) is 29.8 Å². The summed E-state index contributed by atoms with van der Waals surface area (Å²) in [6.45, 7) is 16.1. The van der Waals surface area contributed by atoms with Crippen LogP contribution in [0.15, 0.2) is 17.1 Å². The van der Waals surface area contributed by atoms with Gasteiger partial charge in [0.2, 0.25) is 5.43 Å². The molecule has 10 heteroatoms. The van der Waals surface area contributed by atoms with Crippen LogP contribution in [0.4, 0.5) is 14.6 Å². The molecule has 0 saturated heterocycles. The van der Waals surface area contributed by atoms with E-state index < -0.39 is 17.4 Å². The van der Waals surface area contributed by atoms with Crippen LogP contribution >= 0.6 is 0 Å². The zero-order chi connectivity index (χ0) is 30.2. The van der Waals surface area contributed by atoms with Gasteiger partial charge in [-0.2, -0.15) is 0 Å². The topological polar surface area (TPSA) is 85.7 Å². The van der Waals surface area contributed by atoms with Crippen LogP contribution in [0.3, 0.4) is 0 Å². The number of pyridine rings is 2. The maximum Gasteiger partial charge on any atom is 0.201 e. The number of hydrogen-bond donors (Lipinski definition) is 1. The van der Waals surface area contributed by atoms with E-state index >= 15 is 0 Å². The summed E-state index contributed by atoms with van der Waals surface area (Å²) in [5.74, 6) is -0.952. The lowest BCUT2D eigenvalue weighted by molar-refractivity contribution is -0.0232. The van der Waals surface area contributed by atoms with Crippen molar-refractivity contribution in [2.45, 2.75) is 99.1 Å². The molecule has 40 heavy (non-hydrogen) atoms. The highest BCUT2D eigenvalue weighted by molar-refractivity contribution is 5.96. The number of ether oxygens (including phenoxy) is 2.